The van der Waals surface area contributed by atoms with Gasteiger partial charge in [0.05, 0.1) is 6.04 Å². The second-order valence-electron chi connectivity index (χ2n) is 4.98. The maximum Gasteiger partial charge on any atom is 0.268 e. The smallest absolute Gasteiger partial charge is 0.268 e. The first-order valence-electron chi connectivity index (χ1n) is 6.92. The molecule has 0 aliphatic carbocycles. The number of carbonyl (C=O) groups is 1. The van der Waals surface area contributed by atoms with Crippen LogP contribution in [-0.2, 0) is 0 Å². The van der Waals surface area contributed by atoms with Gasteiger partial charge in [0.2, 0.25) is 0 Å². The first kappa shape index (κ1) is 13.1. The summed E-state index contributed by atoms with van der Waals surface area (Å²) in [6.45, 7) is 1.82. The van der Waals surface area contributed by atoms with Crippen LogP contribution in [0.25, 0.3) is 0 Å². The number of ether oxygens (including phenoxy) is 2. The van der Waals surface area contributed by atoms with E-state index in [0.717, 1.165) is 24.4 Å². The average molecular weight is 322 g/mol. The molecule has 1 atom stereocenters. The van der Waals surface area contributed by atoms with Gasteiger partial charge in [-0.2, -0.15) is 0 Å². The van der Waals surface area contributed by atoms with E-state index < -0.39 is 0 Å². The first-order chi connectivity index (χ1) is 10.3. The van der Waals surface area contributed by atoms with Crippen molar-refractivity contribution in [3.05, 3.63) is 26.8 Å². The minimum absolute atomic E-state index is 0.0319. The Balaban J connectivity index is 1.63. The van der Waals surface area contributed by atoms with Crippen LogP contribution in [-0.4, -0.2) is 35.5 Å². The fourth-order valence-corrected chi connectivity index (χ4v) is 4.48. The topological polar surface area (TPSA) is 51.7 Å². The summed E-state index contributed by atoms with van der Waals surface area (Å²) >= 11 is 3.01. The van der Waals surface area contributed by atoms with E-state index in [-0.39, 0.29) is 11.9 Å². The minimum Gasteiger partial charge on any atom is -0.485 e. The maximum absolute atomic E-state index is 12.9. The molecule has 0 unspecified atom stereocenters. The van der Waals surface area contributed by atoms with E-state index >= 15 is 0 Å². The van der Waals surface area contributed by atoms with Crippen molar-refractivity contribution < 1.29 is 14.3 Å². The molecule has 0 saturated carbocycles. The standard InChI is InChI=1S/C14H14N2O3S2/c17-14(12-11-10(8-21-12)18-5-6-19-11)16-4-1-2-9(16)13-15-3-7-20-13/h3,7-9H,1-2,4-6H2/t9-/m1/s1. The third-order valence-corrected chi connectivity index (χ3v) is 5.55. The lowest BCUT2D eigenvalue weighted by atomic mass is 10.2. The molecule has 0 spiro atoms. The fourth-order valence-electron chi connectivity index (χ4n) is 2.81. The summed E-state index contributed by atoms with van der Waals surface area (Å²) in [4.78, 5) is 19.8. The number of fused-ring (bicyclic) bond motifs is 1. The summed E-state index contributed by atoms with van der Waals surface area (Å²) in [6, 6.07) is 0.0970. The molecule has 1 fully saturated rings. The van der Waals surface area contributed by atoms with Gasteiger partial charge in [0.15, 0.2) is 11.5 Å². The lowest BCUT2D eigenvalue weighted by Crippen LogP contribution is -2.30. The third kappa shape index (κ3) is 2.20. The van der Waals surface area contributed by atoms with E-state index in [2.05, 4.69) is 4.98 Å². The lowest BCUT2D eigenvalue weighted by Gasteiger charge is -2.23. The summed E-state index contributed by atoms with van der Waals surface area (Å²) < 4.78 is 11.1. The molecule has 110 valence electrons. The van der Waals surface area contributed by atoms with Gasteiger partial charge in [-0.1, -0.05) is 0 Å². The monoisotopic (exact) mass is 322 g/mol. The number of thiazole rings is 1. The molecular formula is C14H14N2O3S2. The Bertz CT molecular complexity index is 653. The van der Waals surface area contributed by atoms with Crippen molar-refractivity contribution in [2.24, 2.45) is 0 Å². The van der Waals surface area contributed by atoms with Crippen molar-refractivity contribution in [1.82, 2.24) is 9.88 Å². The SMILES string of the molecule is O=C(c1scc2c1OCCO2)N1CCC[C@@H]1c1nccs1. The van der Waals surface area contributed by atoms with Gasteiger partial charge < -0.3 is 14.4 Å². The molecule has 4 rings (SSSR count). The van der Waals surface area contributed by atoms with Crippen LogP contribution in [0.3, 0.4) is 0 Å². The molecule has 7 heteroatoms. The Morgan fingerprint density at radius 2 is 2.24 bits per heavy atom. The van der Waals surface area contributed by atoms with Gasteiger partial charge in [0.1, 0.15) is 23.1 Å². The number of amides is 1. The Hall–Kier alpha value is -1.60. The van der Waals surface area contributed by atoms with E-state index in [1.165, 1.54) is 11.3 Å². The molecule has 0 aromatic carbocycles. The van der Waals surface area contributed by atoms with E-state index in [0.29, 0.717) is 29.6 Å². The van der Waals surface area contributed by atoms with Crippen LogP contribution in [0.2, 0.25) is 0 Å². The largest absolute Gasteiger partial charge is 0.485 e. The van der Waals surface area contributed by atoms with Crippen molar-refractivity contribution >= 4 is 28.6 Å². The highest BCUT2D eigenvalue weighted by Crippen LogP contribution is 2.42. The molecule has 0 radical (unpaired) electrons. The quantitative estimate of drug-likeness (QED) is 0.853. The van der Waals surface area contributed by atoms with Gasteiger partial charge in [-0.15, -0.1) is 22.7 Å². The molecule has 0 bridgehead atoms. The molecule has 21 heavy (non-hydrogen) atoms. The Morgan fingerprint density at radius 1 is 1.33 bits per heavy atom. The van der Waals surface area contributed by atoms with Gasteiger partial charge in [-0.3, -0.25) is 4.79 Å². The molecule has 1 amide bonds. The van der Waals surface area contributed by atoms with Crippen molar-refractivity contribution in [1.29, 1.82) is 0 Å². The number of likely N-dealkylation sites (tertiary alicyclic amines) is 1. The summed E-state index contributed by atoms with van der Waals surface area (Å²) in [5.41, 5.74) is 0. The van der Waals surface area contributed by atoms with Crippen LogP contribution in [0.5, 0.6) is 11.5 Å². The average Bonchev–Trinajstić information content (AvgIpc) is 3.25. The van der Waals surface area contributed by atoms with Crippen LogP contribution in [0.4, 0.5) is 0 Å². The molecular weight excluding hydrogens is 308 g/mol. The predicted molar refractivity (Wildman–Crippen MR) is 80.4 cm³/mol. The zero-order chi connectivity index (χ0) is 14.2. The van der Waals surface area contributed by atoms with Gasteiger partial charge in [0, 0.05) is 23.5 Å². The summed E-state index contributed by atoms with van der Waals surface area (Å²) in [6.07, 6.45) is 3.79. The van der Waals surface area contributed by atoms with Crippen LogP contribution >= 0.6 is 22.7 Å². The molecule has 0 N–H and O–H groups in total. The van der Waals surface area contributed by atoms with Crippen molar-refractivity contribution in [2.75, 3.05) is 19.8 Å². The number of aromatic nitrogens is 1. The summed E-state index contributed by atoms with van der Waals surface area (Å²) in [7, 11) is 0. The second-order valence-corrected chi connectivity index (χ2v) is 6.79. The highest BCUT2D eigenvalue weighted by Gasteiger charge is 2.35. The zero-order valence-electron chi connectivity index (χ0n) is 11.3. The van der Waals surface area contributed by atoms with Crippen LogP contribution in [0.15, 0.2) is 17.0 Å². The number of nitrogens with zero attached hydrogens (tertiary/aromatic N) is 2. The Labute approximate surface area is 130 Å². The molecule has 2 aromatic heterocycles. The maximum atomic E-state index is 12.9. The number of hydrogen-bond donors (Lipinski definition) is 0. The molecule has 2 aliphatic rings. The van der Waals surface area contributed by atoms with E-state index in [4.69, 9.17) is 9.47 Å². The van der Waals surface area contributed by atoms with E-state index in [1.807, 2.05) is 15.7 Å². The number of thiophene rings is 1. The lowest BCUT2D eigenvalue weighted by molar-refractivity contribution is 0.0731. The van der Waals surface area contributed by atoms with Gasteiger partial charge in [-0.25, -0.2) is 4.98 Å². The Morgan fingerprint density at radius 3 is 3.10 bits per heavy atom. The van der Waals surface area contributed by atoms with Crippen molar-refractivity contribution in [2.45, 2.75) is 18.9 Å². The van der Waals surface area contributed by atoms with E-state index in [1.54, 1.807) is 17.5 Å². The van der Waals surface area contributed by atoms with Crippen molar-refractivity contribution in [3.8, 4) is 11.5 Å². The number of rotatable bonds is 2. The van der Waals surface area contributed by atoms with Crippen LogP contribution in [0, 0.1) is 0 Å². The normalized spacial score (nSPS) is 20.8. The molecule has 2 aliphatic heterocycles. The highest BCUT2D eigenvalue weighted by molar-refractivity contribution is 7.12. The predicted octanol–water partition coefficient (Wildman–Crippen LogP) is 2.95. The van der Waals surface area contributed by atoms with Crippen molar-refractivity contribution in [3.63, 3.8) is 0 Å². The molecule has 2 aromatic rings. The number of carbonyl (C=O) groups excluding carboxylic acids is 1. The Kier molecular flexibility index (Phi) is 3.31. The summed E-state index contributed by atoms with van der Waals surface area (Å²) in [5, 5.41) is 4.83. The third-order valence-electron chi connectivity index (χ3n) is 3.75. The molecule has 5 nitrogen and oxygen atoms in total. The fraction of sp³-hybridized carbons (Fsp3) is 0.429. The van der Waals surface area contributed by atoms with Crippen LogP contribution < -0.4 is 9.47 Å². The molecule has 4 heterocycles. The molecule has 1 saturated heterocycles. The van der Waals surface area contributed by atoms with Gasteiger partial charge >= 0.3 is 0 Å². The minimum atomic E-state index is 0.0319. The second kappa shape index (κ2) is 5.31. The van der Waals surface area contributed by atoms with Gasteiger partial charge in [0.25, 0.3) is 5.91 Å². The van der Waals surface area contributed by atoms with E-state index in [9.17, 15) is 4.79 Å². The zero-order valence-corrected chi connectivity index (χ0v) is 12.9. The van der Waals surface area contributed by atoms with Crippen LogP contribution in [0.1, 0.15) is 33.6 Å². The number of hydrogen-bond acceptors (Lipinski definition) is 6. The first-order valence-corrected chi connectivity index (χ1v) is 8.68. The highest BCUT2D eigenvalue weighted by atomic mass is 32.1. The van der Waals surface area contributed by atoms with Gasteiger partial charge in [-0.05, 0) is 12.8 Å². The summed E-state index contributed by atoms with van der Waals surface area (Å²) in [5.74, 6) is 1.34.